The number of ether oxygens (including phenoxy) is 1. The lowest BCUT2D eigenvalue weighted by Crippen LogP contribution is -2.49. The number of nitrogens with one attached hydrogen (secondary N) is 3. The number of hydrogen-bond acceptors (Lipinski definition) is 4. The van der Waals surface area contributed by atoms with Gasteiger partial charge in [0.2, 0.25) is 5.91 Å². The minimum atomic E-state index is -0.202. The molecule has 0 unspecified atom stereocenters. The second-order valence-electron chi connectivity index (χ2n) is 5.79. The van der Waals surface area contributed by atoms with Crippen molar-refractivity contribution in [3.8, 4) is 0 Å². The Hall–Kier alpha value is -1.83. The lowest BCUT2D eigenvalue weighted by molar-refractivity contribution is -0.131. The molecular formula is C17H27ClN4O3. The lowest BCUT2D eigenvalue weighted by Gasteiger charge is -2.32. The average molecular weight is 371 g/mol. The number of urea groups is 1. The molecule has 0 atom stereocenters. The largest absolute Gasteiger partial charge is 0.383 e. The van der Waals surface area contributed by atoms with E-state index < -0.39 is 0 Å². The second-order valence-corrected chi connectivity index (χ2v) is 5.79. The molecule has 0 aromatic heterocycles. The quantitative estimate of drug-likeness (QED) is 0.634. The molecular weight excluding hydrogens is 344 g/mol. The van der Waals surface area contributed by atoms with Crippen molar-refractivity contribution in [2.24, 2.45) is 0 Å². The summed E-state index contributed by atoms with van der Waals surface area (Å²) in [6.07, 6.45) is 1.54. The van der Waals surface area contributed by atoms with Crippen LogP contribution in [0.25, 0.3) is 0 Å². The Labute approximate surface area is 154 Å². The summed E-state index contributed by atoms with van der Waals surface area (Å²) in [6.45, 7) is 2.92. The molecule has 140 valence electrons. The van der Waals surface area contributed by atoms with Gasteiger partial charge in [-0.15, -0.1) is 12.4 Å². The van der Waals surface area contributed by atoms with E-state index >= 15 is 0 Å². The summed E-state index contributed by atoms with van der Waals surface area (Å²) < 4.78 is 4.93. The minimum Gasteiger partial charge on any atom is -0.383 e. The van der Waals surface area contributed by atoms with Gasteiger partial charge in [-0.1, -0.05) is 18.2 Å². The van der Waals surface area contributed by atoms with Crippen molar-refractivity contribution >= 4 is 30.0 Å². The van der Waals surface area contributed by atoms with Crippen LogP contribution < -0.4 is 16.0 Å². The molecule has 0 saturated carbocycles. The molecule has 7 nitrogen and oxygen atoms in total. The number of carbonyl (C=O) groups excluding carboxylic acids is 2. The number of nitrogens with zero attached hydrogens (tertiary/aromatic N) is 1. The van der Waals surface area contributed by atoms with Gasteiger partial charge in [0.15, 0.2) is 0 Å². The summed E-state index contributed by atoms with van der Waals surface area (Å²) in [5, 5.41) is 8.84. The van der Waals surface area contributed by atoms with Crippen molar-refractivity contribution in [1.29, 1.82) is 0 Å². The first kappa shape index (κ1) is 21.2. The molecule has 0 spiro atoms. The van der Waals surface area contributed by atoms with Gasteiger partial charge in [-0.05, 0) is 25.0 Å². The van der Waals surface area contributed by atoms with Crippen molar-refractivity contribution in [3.63, 3.8) is 0 Å². The van der Waals surface area contributed by atoms with Gasteiger partial charge in [0.1, 0.15) is 0 Å². The average Bonchev–Trinajstić information content (AvgIpc) is 2.60. The number of amides is 3. The van der Waals surface area contributed by atoms with Gasteiger partial charge in [0, 0.05) is 38.5 Å². The number of anilines is 1. The number of halogens is 1. The number of methoxy groups -OCH3 is 1. The monoisotopic (exact) mass is 370 g/mol. The van der Waals surface area contributed by atoms with Crippen LogP contribution in [0.4, 0.5) is 10.5 Å². The highest BCUT2D eigenvalue weighted by molar-refractivity contribution is 5.89. The molecule has 0 bridgehead atoms. The predicted octanol–water partition coefficient (Wildman–Crippen LogP) is 1.46. The zero-order chi connectivity index (χ0) is 17.2. The molecule has 8 heteroatoms. The van der Waals surface area contributed by atoms with E-state index in [1.807, 2.05) is 35.2 Å². The van der Waals surface area contributed by atoms with Crippen LogP contribution in [0.3, 0.4) is 0 Å². The number of benzene rings is 1. The number of rotatable bonds is 7. The van der Waals surface area contributed by atoms with Crippen LogP contribution in [0, 0.1) is 0 Å². The molecule has 3 N–H and O–H groups in total. The molecule has 1 aromatic rings. The van der Waals surface area contributed by atoms with Crippen molar-refractivity contribution in [2.75, 3.05) is 45.2 Å². The lowest BCUT2D eigenvalue weighted by atomic mass is 10.1. The topological polar surface area (TPSA) is 82.7 Å². The van der Waals surface area contributed by atoms with Gasteiger partial charge in [-0.3, -0.25) is 4.79 Å². The maximum atomic E-state index is 12.1. The Balaban J connectivity index is 0.00000312. The number of para-hydroxylation sites is 1. The number of hydrogen-bond donors (Lipinski definition) is 3. The summed E-state index contributed by atoms with van der Waals surface area (Å²) in [4.78, 5) is 25.9. The van der Waals surface area contributed by atoms with E-state index in [1.165, 1.54) is 0 Å². The van der Waals surface area contributed by atoms with Gasteiger partial charge in [0.05, 0.1) is 13.2 Å². The van der Waals surface area contributed by atoms with Crippen molar-refractivity contribution in [3.05, 3.63) is 30.3 Å². The highest BCUT2D eigenvalue weighted by Gasteiger charge is 2.23. The first-order valence-electron chi connectivity index (χ1n) is 8.29. The first-order valence-corrected chi connectivity index (χ1v) is 8.29. The van der Waals surface area contributed by atoms with Crippen LogP contribution >= 0.6 is 12.4 Å². The Morgan fingerprint density at radius 3 is 2.52 bits per heavy atom. The van der Waals surface area contributed by atoms with E-state index in [9.17, 15) is 9.59 Å². The summed E-state index contributed by atoms with van der Waals surface area (Å²) in [7, 11) is 1.63. The number of carbonyl (C=O) groups is 2. The molecule has 1 saturated heterocycles. The van der Waals surface area contributed by atoms with Gasteiger partial charge in [-0.25, -0.2) is 4.79 Å². The molecule has 1 aromatic carbocycles. The van der Waals surface area contributed by atoms with E-state index in [1.54, 1.807) is 7.11 Å². The zero-order valence-corrected chi connectivity index (χ0v) is 15.3. The number of likely N-dealkylation sites (tertiary alicyclic amines) is 1. The zero-order valence-electron chi connectivity index (χ0n) is 14.5. The van der Waals surface area contributed by atoms with E-state index in [-0.39, 0.29) is 30.4 Å². The third kappa shape index (κ3) is 7.72. The summed E-state index contributed by atoms with van der Waals surface area (Å²) in [6, 6.07) is 9.24. The normalized spacial score (nSPS) is 14.5. The van der Waals surface area contributed by atoms with E-state index in [2.05, 4.69) is 16.0 Å². The third-order valence-electron chi connectivity index (χ3n) is 3.97. The SMILES string of the molecule is COCCNCC(=O)N1CCC(NC(=O)Nc2ccccc2)CC1.Cl. The third-order valence-corrected chi connectivity index (χ3v) is 3.97. The standard InChI is InChI=1S/C17H26N4O3.ClH/c1-24-12-9-18-13-16(22)21-10-7-15(8-11-21)20-17(23)19-14-5-3-2-4-6-14;/h2-6,15,18H,7-13H2,1H3,(H2,19,20,23);1H. The van der Waals surface area contributed by atoms with E-state index in [0.29, 0.717) is 32.8 Å². The molecule has 25 heavy (non-hydrogen) atoms. The molecule has 0 radical (unpaired) electrons. The highest BCUT2D eigenvalue weighted by atomic mass is 35.5. The Bertz CT molecular complexity index is 522. The molecule has 3 amide bonds. The van der Waals surface area contributed by atoms with Crippen LogP contribution in [0.15, 0.2) is 30.3 Å². The Morgan fingerprint density at radius 2 is 1.88 bits per heavy atom. The van der Waals surface area contributed by atoms with E-state index in [0.717, 1.165) is 18.5 Å². The fraction of sp³-hybridized carbons (Fsp3) is 0.529. The molecule has 1 fully saturated rings. The van der Waals surface area contributed by atoms with Crippen molar-refractivity contribution in [1.82, 2.24) is 15.5 Å². The molecule has 0 aliphatic carbocycles. The second kappa shape index (κ2) is 11.7. The smallest absolute Gasteiger partial charge is 0.319 e. The van der Waals surface area contributed by atoms with Crippen LogP contribution in [0.1, 0.15) is 12.8 Å². The molecule has 2 rings (SSSR count). The summed E-state index contributed by atoms with van der Waals surface area (Å²) in [5.41, 5.74) is 0.768. The fourth-order valence-corrected chi connectivity index (χ4v) is 2.63. The Kier molecular flexibility index (Phi) is 9.91. The predicted molar refractivity (Wildman–Crippen MR) is 100 cm³/mol. The molecule has 1 aliphatic rings. The van der Waals surface area contributed by atoms with Gasteiger partial charge >= 0.3 is 6.03 Å². The summed E-state index contributed by atoms with van der Waals surface area (Å²) in [5.74, 6) is 0.0956. The molecule has 1 aliphatic heterocycles. The number of piperidine rings is 1. The van der Waals surface area contributed by atoms with Crippen LogP contribution in [-0.2, 0) is 9.53 Å². The highest BCUT2D eigenvalue weighted by Crippen LogP contribution is 2.11. The maximum absolute atomic E-state index is 12.1. The minimum absolute atomic E-state index is 0. The van der Waals surface area contributed by atoms with Gasteiger partial charge in [0.25, 0.3) is 0 Å². The van der Waals surface area contributed by atoms with Crippen LogP contribution in [0.5, 0.6) is 0 Å². The summed E-state index contributed by atoms with van der Waals surface area (Å²) >= 11 is 0. The molecule has 1 heterocycles. The van der Waals surface area contributed by atoms with Crippen LogP contribution in [0.2, 0.25) is 0 Å². The first-order chi connectivity index (χ1) is 11.7. The maximum Gasteiger partial charge on any atom is 0.319 e. The van der Waals surface area contributed by atoms with Crippen LogP contribution in [-0.4, -0.2) is 62.8 Å². The fourth-order valence-electron chi connectivity index (χ4n) is 2.63. The van der Waals surface area contributed by atoms with Crippen molar-refractivity contribution in [2.45, 2.75) is 18.9 Å². The Morgan fingerprint density at radius 1 is 1.20 bits per heavy atom. The van der Waals surface area contributed by atoms with E-state index in [4.69, 9.17) is 4.74 Å². The van der Waals surface area contributed by atoms with Crippen molar-refractivity contribution < 1.29 is 14.3 Å². The van der Waals surface area contributed by atoms with Gasteiger partial charge < -0.3 is 25.6 Å². The van der Waals surface area contributed by atoms with Gasteiger partial charge in [-0.2, -0.15) is 0 Å².